The molecule has 23 heavy (non-hydrogen) atoms. The standard InChI is InChI=1S/C14H14Cl2N2O5/c1-23-14(22)8-6-18(2-3-19)13(21)11(8)17-10-5-7(15)4-9(16)12(10)20/h4-5,17,19-20H,2-3,6H2,1H3. The maximum absolute atomic E-state index is 12.4. The van der Waals surface area contributed by atoms with Crippen molar-refractivity contribution in [2.45, 2.75) is 0 Å². The lowest BCUT2D eigenvalue weighted by Crippen LogP contribution is -2.31. The van der Waals surface area contributed by atoms with Gasteiger partial charge in [0.2, 0.25) is 0 Å². The van der Waals surface area contributed by atoms with Crippen LogP contribution < -0.4 is 5.32 Å². The Balaban J connectivity index is 2.41. The zero-order valence-electron chi connectivity index (χ0n) is 12.1. The summed E-state index contributed by atoms with van der Waals surface area (Å²) in [6.07, 6.45) is 0. The maximum atomic E-state index is 12.4. The van der Waals surface area contributed by atoms with Crippen LogP contribution in [-0.4, -0.2) is 53.8 Å². The van der Waals surface area contributed by atoms with E-state index in [4.69, 9.17) is 28.3 Å². The predicted octanol–water partition coefficient (Wildman–Crippen LogP) is 1.37. The molecule has 1 aliphatic heterocycles. The maximum Gasteiger partial charge on any atom is 0.337 e. The van der Waals surface area contributed by atoms with Crippen molar-refractivity contribution in [3.8, 4) is 5.75 Å². The first-order valence-corrected chi connectivity index (χ1v) is 7.31. The summed E-state index contributed by atoms with van der Waals surface area (Å²) in [5.41, 5.74) is 0.110. The molecule has 1 heterocycles. The van der Waals surface area contributed by atoms with E-state index in [1.165, 1.54) is 24.1 Å². The summed E-state index contributed by atoms with van der Waals surface area (Å²) in [6.45, 7) is -0.196. The molecule has 0 bridgehead atoms. The highest BCUT2D eigenvalue weighted by molar-refractivity contribution is 6.36. The summed E-state index contributed by atoms with van der Waals surface area (Å²) in [7, 11) is 1.19. The van der Waals surface area contributed by atoms with Gasteiger partial charge in [0, 0.05) is 11.6 Å². The highest BCUT2D eigenvalue weighted by Gasteiger charge is 2.34. The first-order valence-electron chi connectivity index (χ1n) is 6.55. The van der Waals surface area contributed by atoms with Crippen LogP contribution in [0.25, 0.3) is 0 Å². The number of nitrogens with zero attached hydrogens (tertiary/aromatic N) is 1. The van der Waals surface area contributed by atoms with Gasteiger partial charge in [-0.1, -0.05) is 23.2 Å². The molecule has 1 amide bonds. The number of esters is 1. The molecule has 3 N–H and O–H groups in total. The van der Waals surface area contributed by atoms with Gasteiger partial charge < -0.3 is 25.2 Å². The lowest BCUT2D eigenvalue weighted by Gasteiger charge is -2.15. The number of halogens is 2. The average molecular weight is 361 g/mol. The van der Waals surface area contributed by atoms with Crippen molar-refractivity contribution in [1.82, 2.24) is 4.90 Å². The van der Waals surface area contributed by atoms with Crippen molar-refractivity contribution in [3.63, 3.8) is 0 Å². The van der Waals surface area contributed by atoms with Gasteiger partial charge in [-0.15, -0.1) is 0 Å². The number of anilines is 1. The molecule has 124 valence electrons. The van der Waals surface area contributed by atoms with Crippen LogP contribution in [-0.2, 0) is 14.3 Å². The van der Waals surface area contributed by atoms with E-state index in [9.17, 15) is 14.7 Å². The van der Waals surface area contributed by atoms with Gasteiger partial charge in [0.15, 0.2) is 5.75 Å². The quantitative estimate of drug-likeness (QED) is 0.541. The highest BCUT2D eigenvalue weighted by atomic mass is 35.5. The topological polar surface area (TPSA) is 99.1 Å². The van der Waals surface area contributed by atoms with E-state index in [2.05, 4.69) is 10.1 Å². The molecule has 0 unspecified atom stereocenters. The van der Waals surface area contributed by atoms with Gasteiger partial charge >= 0.3 is 5.97 Å². The number of carbonyl (C=O) groups excluding carboxylic acids is 2. The monoisotopic (exact) mass is 360 g/mol. The second kappa shape index (κ2) is 7.08. The number of carbonyl (C=O) groups is 2. The van der Waals surface area contributed by atoms with Crippen molar-refractivity contribution in [2.75, 3.05) is 32.1 Å². The molecule has 1 aromatic carbocycles. The van der Waals surface area contributed by atoms with Crippen LogP contribution in [0, 0.1) is 0 Å². The van der Waals surface area contributed by atoms with Gasteiger partial charge in [0.25, 0.3) is 5.91 Å². The number of aliphatic hydroxyl groups excluding tert-OH is 1. The lowest BCUT2D eigenvalue weighted by molar-refractivity contribution is -0.136. The number of benzene rings is 1. The van der Waals surface area contributed by atoms with Crippen molar-refractivity contribution < 1.29 is 24.5 Å². The van der Waals surface area contributed by atoms with Gasteiger partial charge in [-0.3, -0.25) is 4.79 Å². The summed E-state index contributed by atoms with van der Waals surface area (Å²) < 4.78 is 4.66. The van der Waals surface area contributed by atoms with Crippen molar-refractivity contribution >= 4 is 40.8 Å². The Bertz CT molecular complexity index is 690. The van der Waals surface area contributed by atoms with Gasteiger partial charge in [-0.2, -0.15) is 0 Å². The van der Waals surface area contributed by atoms with E-state index in [1.54, 1.807) is 0 Å². The van der Waals surface area contributed by atoms with E-state index in [-0.39, 0.29) is 52.4 Å². The molecule has 0 spiro atoms. The number of methoxy groups -OCH3 is 1. The number of hydrogen-bond acceptors (Lipinski definition) is 6. The molecule has 7 nitrogen and oxygen atoms in total. The predicted molar refractivity (Wildman–Crippen MR) is 84.5 cm³/mol. The molecule has 9 heteroatoms. The Kier molecular flexibility index (Phi) is 5.35. The fraction of sp³-hybridized carbons (Fsp3) is 0.286. The van der Waals surface area contributed by atoms with Crippen LogP contribution in [0.3, 0.4) is 0 Å². The van der Waals surface area contributed by atoms with Crippen molar-refractivity contribution in [3.05, 3.63) is 33.4 Å². The zero-order valence-corrected chi connectivity index (χ0v) is 13.6. The molecule has 0 atom stereocenters. The van der Waals surface area contributed by atoms with E-state index >= 15 is 0 Å². The third-order valence-corrected chi connectivity index (χ3v) is 3.75. The number of amides is 1. The number of aliphatic hydroxyl groups is 1. The first kappa shape index (κ1) is 17.4. The van der Waals surface area contributed by atoms with Gasteiger partial charge in [0.1, 0.15) is 5.70 Å². The van der Waals surface area contributed by atoms with E-state index in [0.717, 1.165) is 0 Å². The Morgan fingerprint density at radius 3 is 2.74 bits per heavy atom. The smallest absolute Gasteiger partial charge is 0.337 e. The molecule has 0 fully saturated rings. The Morgan fingerprint density at radius 2 is 2.13 bits per heavy atom. The second-order valence-electron chi connectivity index (χ2n) is 4.70. The number of rotatable bonds is 5. The Morgan fingerprint density at radius 1 is 1.43 bits per heavy atom. The minimum Gasteiger partial charge on any atom is -0.504 e. The summed E-state index contributed by atoms with van der Waals surface area (Å²) in [4.78, 5) is 25.5. The van der Waals surface area contributed by atoms with E-state index in [0.29, 0.717) is 0 Å². The Hall–Kier alpha value is -1.96. The minimum absolute atomic E-state index is 0.00196. The molecular weight excluding hydrogens is 347 g/mol. The van der Waals surface area contributed by atoms with Crippen LogP contribution in [0.4, 0.5) is 5.69 Å². The van der Waals surface area contributed by atoms with Crippen LogP contribution in [0.1, 0.15) is 0 Å². The van der Waals surface area contributed by atoms with Crippen LogP contribution in [0.2, 0.25) is 10.0 Å². The normalized spacial score (nSPS) is 14.4. The van der Waals surface area contributed by atoms with Gasteiger partial charge in [-0.25, -0.2) is 4.79 Å². The molecule has 0 saturated carbocycles. The largest absolute Gasteiger partial charge is 0.504 e. The Labute approximate surface area is 142 Å². The van der Waals surface area contributed by atoms with E-state index in [1.807, 2.05) is 0 Å². The molecule has 0 aromatic heterocycles. The van der Waals surface area contributed by atoms with Gasteiger partial charge in [-0.05, 0) is 12.1 Å². The van der Waals surface area contributed by atoms with Crippen LogP contribution >= 0.6 is 23.2 Å². The third-order valence-electron chi connectivity index (χ3n) is 3.24. The minimum atomic E-state index is -0.686. The fourth-order valence-electron chi connectivity index (χ4n) is 2.14. The molecule has 0 radical (unpaired) electrons. The molecule has 0 aliphatic carbocycles. The molecule has 2 rings (SSSR count). The second-order valence-corrected chi connectivity index (χ2v) is 5.55. The number of hydrogen-bond donors (Lipinski definition) is 3. The number of ether oxygens (including phenoxy) is 1. The number of nitrogens with one attached hydrogen (secondary N) is 1. The molecular formula is C14H14Cl2N2O5. The van der Waals surface area contributed by atoms with E-state index < -0.39 is 11.9 Å². The molecule has 0 saturated heterocycles. The first-order chi connectivity index (χ1) is 10.9. The number of phenolic OH excluding ortho intramolecular Hbond substituents is 1. The summed E-state index contributed by atoms with van der Waals surface area (Å²) in [6, 6.07) is 2.71. The van der Waals surface area contributed by atoms with Crippen LogP contribution in [0.5, 0.6) is 5.75 Å². The average Bonchev–Trinajstić information content (AvgIpc) is 2.81. The fourth-order valence-corrected chi connectivity index (χ4v) is 2.64. The zero-order chi connectivity index (χ0) is 17.1. The number of β-amino-alcohol motifs (C(OH)–C–C–N with tert-alkyl or cyclic N) is 1. The molecule has 1 aliphatic rings. The SMILES string of the molecule is COC(=O)C1=C(Nc2cc(Cl)cc(Cl)c2O)C(=O)N(CCO)C1. The summed E-state index contributed by atoms with van der Waals surface area (Å²) in [5, 5.41) is 21.9. The molecule has 1 aromatic rings. The lowest BCUT2D eigenvalue weighted by atomic mass is 10.2. The van der Waals surface area contributed by atoms with Gasteiger partial charge in [0.05, 0.1) is 36.5 Å². The van der Waals surface area contributed by atoms with Crippen molar-refractivity contribution in [1.29, 1.82) is 0 Å². The number of phenols is 1. The van der Waals surface area contributed by atoms with Crippen LogP contribution in [0.15, 0.2) is 23.4 Å². The number of aromatic hydroxyl groups is 1. The summed E-state index contributed by atoms with van der Waals surface area (Å²) >= 11 is 11.7. The van der Waals surface area contributed by atoms with Crippen molar-refractivity contribution in [2.24, 2.45) is 0 Å². The summed E-state index contributed by atoms with van der Waals surface area (Å²) in [5.74, 6) is -1.50. The third kappa shape index (κ3) is 3.52. The highest BCUT2D eigenvalue weighted by Crippen LogP contribution is 2.36.